The Labute approximate surface area is 170 Å². The highest BCUT2D eigenvalue weighted by Gasteiger charge is 2.54. The van der Waals surface area contributed by atoms with Crippen molar-refractivity contribution in [1.82, 2.24) is 10.3 Å². The van der Waals surface area contributed by atoms with Gasteiger partial charge in [0.15, 0.2) is 0 Å². The quantitative estimate of drug-likeness (QED) is 0.609. The number of anilines is 1. The van der Waals surface area contributed by atoms with Crippen molar-refractivity contribution < 1.29 is 22.7 Å². The van der Waals surface area contributed by atoms with Crippen LogP contribution in [0.3, 0.4) is 0 Å². The largest absolute Gasteiger partial charge is 0.495 e. The third kappa shape index (κ3) is 3.85. The van der Waals surface area contributed by atoms with Gasteiger partial charge in [-0.2, -0.15) is 0 Å². The summed E-state index contributed by atoms with van der Waals surface area (Å²) in [6, 6.07) is 4.13. The average Bonchev–Trinajstić information content (AvgIpc) is 2.64. The van der Waals surface area contributed by atoms with Crippen molar-refractivity contribution in [2.45, 2.75) is 50.3 Å². The minimum Gasteiger partial charge on any atom is -0.495 e. The van der Waals surface area contributed by atoms with E-state index in [2.05, 4.69) is 15.6 Å². The number of carbonyl (C=O) groups is 2. The van der Waals surface area contributed by atoms with Gasteiger partial charge in [0.05, 0.1) is 23.1 Å². The molecule has 4 fully saturated rings. The number of benzene rings is 1. The highest BCUT2D eigenvalue weighted by Crippen LogP contribution is 2.60. The number of carbonyl (C=O) groups excluding carboxylic acids is 2. The molecule has 0 saturated heterocycles. The zero-order valence-electron chi connectivity index (χ0n) is 16.7. The number of methoxy groups -OCH3 is 1. The minimum absolute atomic E-state index is 0.0761. The summed E-state index contributed by atoms with van der Waals surface area (Å²) < 4.78 is 30.6. The number of amides is 2. The van der Waals surface area contributed by atoms with E-state index in [-0.39, 0.29) is 22.4 Å². The van der Waals surface area contributed by atoms with Crippen LogP contribution in [0.5, 0.6) is 5.75 Å². The van der Waals surface area contributed by atoms with Gasteiger partial charge in [0.2, 0.25) is 11.8 Å². The van der Waals surface area contributed by atoms with E-state index in [1.807, 2.05) is 0 Å². The van der Waals surface area contributed by atoms with Crippen LogP contribution in [-0.4, -0.2) is 27.3 Å². The fourth-order valence-electron chi connectivity index (χ4n) is 5.84. The lowest BCUT2D eigenvalue weighted by Crippen LogP contribution is -2.56. The fourth-order valence-corrected chi connectivity index (χ4v) is 6.70. The van der Waals surface area contributed by atoms with Crippen LogP contribution in [0.25, 0.3) is 0 Å². The van der Waals surface area contributed by atoms with E-state index in [0.29, 0.717) is 23.5 Å². The number of rotatable bonds is 6. The number of ether oxygens (including phenoxy) is 1. The predicted octanol–water partition coefficient (Wildman–Crippen LogP) is 2.18. The average molecular weight is 422 g/mol. The molecule has 4 saturated carbocycles. The second-order valence-corrected chi connectivity index (χ2v) is 10.5. The summed E-state index contributed by atoms with van der Waals surface area (Å²) in [5.74, 6) is 1.54. The topological polar surface area (TPSA) is 114 Å². The summed E-state index contributed by atoms with van der Waals surface area (Å²) in [5.41, 5.74) is 2.27. The molecular formula is C20H27N3O5S. The van der Waals surface area contributed by atoms with Crippen LogP contribution in [0.2, 0.25) is 0 Å². The third-order valence-electron chi connectivity index (χ3n) is 6.61. The number of nitrogens with one attached hydrogen (secondary N) is 3. The maximum Gasteiger partial charge on any atom is 0.257 e. The number of sulfonamides is 1. The van der Waals surface area contributed by atoms with Crippen molar-refractivity contribution in [2.24, 2.45) is 23.2 Å². The smallest absolute Gasteiger partial charge is 0.257 e. The van der Waals surface area contributed by atoms with Crippen LogP contribution in [-0.2, 0) is 19.6 Å². The van der Waals surface area contributed by atoms with Gasteiger partial charge in [0, 0.05) is 6.92 Å². The van der Waals surface area contributed by atoms with E-state index in [9.17, 15) is 18.0 Å². The van der Waals surface area contributed by atoms with Crippen molar-refractivity contribution in [3.8, 4) is 5.75 Å². The van der Waals surface area contributed by atoms with Crippen LogP contribution < -0.4 is 20.3 Å². The summed E-state index contributed by atoms with van der Waals surface area (Å²) in [7, 11) is -2.57. The van der Waals surface area contributed by atoms with Gasteiger partial charge in [-0.15, -0.1) is 4.83 Å². The molecule has 1 aromatic carbocycles. The molecule has 5 rings (SSSR count). The first-order valence-corrected chi connectivity index (χ1v) is 11.5. The summed E-state index contributed by atoms with van der Waals surface area (Å²) >= 11 is 0. The molecule has 4 aliphatic carbocycles. The van der Waals surface area contributed by atoms with Crippen LogP contribution in [0, 0.1) is 23.2 Å². The molecule has 4 aliphatic rings. The number of hydrazine groups is 1. The molecule has 0 atom stereocenters. The first kappa shape index (κ1) is 20.2. The van der Waals surface area contributed by atoms with Gasteiger partial charge in [0.25, 0.3) is 10.0 Å². The van der Waals surface area contributed by atoms with Crippen LogP contribution in [0.4, 0.5) is 5.69 Å². The summed E-state index contributed by atoms with van der Waals surface area (Å²) in [6.45, 7) is 1.32. The molecule has 158 valence electrons. The van der Waals surface area contributed by atoms with E-state index in [4.69, 9.17) is 4.74 Å². The van der Waals surface area contributed by atoms with Crippen molar-refractivity contribution in [3.05, 3.63) is 18.2 Å². The van der Waals surface area contributed by atoms with Gasteiger partial charge in [-0.05, 0) is 74.5 Å². The van der Waals surface area contributed by atoms with Crippen molar-refractivity contribution in [2.75, 3.05) is 12.4 Å². The highest BCUT2D eigenvalue weighted by molar-refractivity contribution is 7.89. The van der Waals surface area contributed by atoms with E-state index in [1.54, 1.807) is 0 Å². The Balaban J connectivity index is 1.48. The molecular weight excluding hydrogens is 394 g/mol. The molecule has 8 nitrogen and oxygen atoms in total. The van der Waals surface area contributed by atoms with E-state index in [0.717, 1.165) is 19.3 Å². The van der Waals surface area contributed by atoms with Crippen molar-refractivity contribution in [1.29, 1.82) is 0 Å². The lowest BCUT2D eigenvalue weighted by atomic mass is 9.49. The molecule has 3 N–H and O–H groups in total. The monoisotopic (exact) mass is 421 g/mol. The Morgan fingerprint density at radius 2 is 1.66 bits per heavy atom. The molecule has 0 unspecified atom stereocenters. The van der Waals surface area contributed by atoms with Crippen LogP contribution in [0.1, 0.15) is 45.4 Å². The van der Waals surface area contributed by atoms with Crippen molar-refractivity contribution in [3.63, 3.8) is 0 Å². The Bertz CT molecular complexity index is 908. The van der Waals surface area contributed by atoms with Crippen LogP contribution in [0.15, 0.2) is 23.1 Å². The van der Waals surface area contributed by atoms with Gasteiger partial charge in [-0.3, -0.25) is 15.0 Å². The van der Waals surface area contributed by atoms with Gasteiger partial charge in [-0.25, -0.2) is 8.42 Å². The molecule has 9 heteroatoms. The van der Waals surface area contributed by atoms with Gasteiger partial charge in [-0.1, -0.05) is 0 Å². The maximum absolute atomic E-state index is 13.0. The zero-order valence-corrected chi connectivity index (χ0v) is 17.5. The predicted molar refractivity (Wildman–Crippen MR) is 106 cm³/mol. The van der Waals surface area contributed by atoms with Gasteiger partial charge in [0.1, 0.15) is 5.75 Å². The maximum atomic E-state index is 13.0. The first-order chi connectivity index (χ1) is 13.7. The van der Waals surface area contributed by atoms with Gasteiger partial charge >= 0.3 is 0 Å². The van der Waals surface area contributed by atoms with Crippen molar-refractivity contribution >= 4 is 27.5 Å². The number of hydrogen-bond acceptors (Lipinski definition) is 5. The fraction of sp³-hybridized carbons (Fsp3) is 0.600. The molecule has 0 heterocycles. The summed E-state index contributed by atoms with van der Waals surface area (Å²) in [6.07, 6.45) is 6.16. The van der Waals surface area contributed by atoms with E-state index in [1.165, 1.54) is 51.5 Å². The molecule has 0 aromatic heterocycles. The Morgan fingerprint density at radius 1 is 1.07 bits per heavy atom. The number of hydrogen-bond donors (Lipinski definition) is 3. The molecule has 2 amide bonds. The Kier molecular flexibility index (Phi) is 5.06. The van der Waals surface area contributed by atoms with Gasteiger partial charge < -0.3 is 10.1 Å². The third-order valence-corrected chi connectivity index (χ3v) is 7.86. The molecule has 0 spiro atoms. The first-order valence-electron chi connectivity index (χ1n) is 9.99. The molecule has 1 aromatic rings. The van der Waals surface area contributed by atoms with E-state index < -0.39 is 15.4 Å². The van der Waals surface area contributed by atoms with E-state index >= 15 is 0 Å². The second kappa shape index (κ2) is 7.28. The lowest BCUT2D eigenvalue weighted by Gasteiger charge is -2.55. The highest BCUT2D eigenvalue weighted by atomic mass is 32.2. The normalized spacial score (nSPS) is 30.1. The standard InChI is InChI=1S/C20H27N3O5S/c1-12(24)21-17-8-16(3-4-18(17)28-2)29(26,27)23-22-19(25)20-9-13-5-14(10-20)7-15(6-13)11-20/h3-4,8,13-15,23H,5-7,9-11H2,1-2H3,(H,21,24)(H,22,25). The minimum atomic E-state index is -4.00. The summed E-state index contributed by atoms with van der Waals surface area (Å²) in [4.78, 5) is 26.5. The SMILES string of the molecule is COc1ccc(S(=O)(=O)NNC(=O)C23CC4CC(CC(C4)C2)C3)cc1NC(C)=O. The molecule has 0 aliphatic heterocycles. The lowest BCUT2D eigenvalue weighted by molar-refractivity contribution is -0.146. The van der Waals surface area contributed by atoms with Crippen LogP contribution >= 0.6 is 0 Å². The Hall–Kier alpha value is -2.13. The Morgan fingerprint density at radius 3 is 2.17 bits per heavy atom. The molecule has 0 radical (unpaired) electrons. The zero-order chi connectivity index (χ0) is 20.8. The summed E-state index contributed by atoms with van der Waals surface area (Å²) in [5, 5.41) is 2.55. The molecule has 4 bridgehead atoms. The second-order valence-electron chi connectivity index (χ2n) is 8.80. The molecule has 29 heavy (non-hydrogen) atoms.